The molecular formula is C32H27N3O2. The van der Waals surface area contributed by atoms with Crippen molar-refractivity contribution in [3.8, 4) is 28.0 Å². The van der Waals surface area contributed by atoms with E-state index in [4.69, 9.17) is 15.1 Å². The number of fused-ring (bicyclic) bond motifs is 1. The Morgan fingerprint density at radius 1 is 1.05 bits per heavy atom. The highest BCUT2D eigenvalue weighted by molar-refractivity contribution is 6.09. The summed E-state index contributed by atoms with van der Waals surface area (Å²) in [5.41, 5.74) is 10.2. The summed E-state index contributed by atoms with van der Waals surface area (Å²) in [5.74, 6) is 0.872. The van der Waals surface area contributed by atoms with Crippen molar-refractivity contribution in [3.05, 3.63) is 89.1 Å². The standard InChI is InChI=1S/C32H27N3O2/c1-19-15-23-16-21(22-4-7-28(34-2)24(17-22)18-33)3-5-26(23)31(25(19)10-13-36)27-6-8-29-30-20(11-14-37-29)9-12-35-32(27)30/h3-9,12-13,15-18,33-34H,10-11,14H2,1-2H3. The lowest BCUT2D eigenvalue weighted by Crippen LogP contribution is -2.09. The van der Waals surface area contributed by atoms with Crippen LogP contribution in [0.15, 0.2) is 66.9 Å². The molecule has 4 aromatic carbocycles. The molecule has 0 unspecified atom stereocenters. The average molecular weight is 486 g/mol. The molecule has 0 aliphatic carbocycles. The van der Waals surface area contributed by atoms with E-state index in [1.54, 1.807) is 0 Å². The van der Waals surface area contributed by atoms with Crippen LogP contribution in [-0.2, 0) is 17.6 Å². The van der Waals surface area contributed by atoms with E-state index < -0.39 is 0 Å². The van der Waals surface area contributed by atoms with Gasteiger partial charge in [0.05, 0.1) is 12.1 Å². The van der Waals surface area contributed by atoms with E-state index in [1.807, 2.05) is 31.4 Å². The number of benzene rings is 4. The normalized spacial score (nSPS) is 12.4. The number of carbonyl (C=O) groups is 1. The molecule has 5 aromatic rings. The van der Waals surface area contributed by atoms with Crippen LogP contribution in [-0.4, -0.2) is 31.1 Å². The Morgan fingerprint density at radius 2 is 1.89 bits per heavy atom. The number of aldehydes is 1. The van der Waals surface area contributed by atoms with Crippen molar-refractivity contribution in [2.75, 3.05) is 19.0 Å². The van der Waals surface area contributed by atoms with Gasteiger partial charge < -0.3 is 20.3 Å². The van der Waals surface area contributed by atoms with Crippen molar-refractivity contribution < 1.29 is 9.53 Å². The van der Waals surface area contributed by atoms with Gasteiger partial charge in [0.2, 0.25) is 0 Å². The SMILES string of the molecule is CNc1ccc(-c2ccc3c(-c4ccc5c6c(ccnc46)CCO5)c(CC=O)c(C)cc3c2)cc1C=N. The number of ether oxygens (including phenoxy) is 1. The van der Waals surface area contributed by atoms with Crippen molar-refractivity contribution in [2.45, 2.75) is 19.8 Å². The Bertz CT molecular complexity index is 1710. The van der Waals surface area contributed by atoms with Crippen LogP contribution in [0.25, 0.3) is 43.9 Å². The zero-order chi connectivity index (χ0) is 25.5. The molecule has 0 atom stereocenters. The third-order valence-corrected chi connectivity index (χ3v) is 7.41. The lowest BCUT2D eigenvalue weighted by Gasteiger charge is -2.22. The minimum Gasteiger partial charge on any atom is -0.493 e. The Kier molecular flexibility index (Phi) is 5.68. The van der Waals surface area contributed by atoms with Gasteiger partial charge >= 0.3 is 0 Å². The molecule has 5 nitrogen and oxygen atoms in total. The first kappa shape index (κ1) is 22.9. The predicted molar refractivity (Wildman–Crippen MR) is 151 cm³/mol. The summed E-state index contributed by atoms with van der Waals surface area (Å²) < 4.78 is 5.96. The van der Waals surface area contributed by atoms with E-state index in [0.717, 1.165) is 84.8 Å². The number of hydrogen-bond donors (Lipinski definition) is 2. The van der Waals surface area contributed by atoms with Gasteiger partial charge in [-0.15, -0.1) is 0 Å². The highest BCUT2D eigenvalue weighted by Crippen LogP contribution is 2.43. The monoisotopic (exact) mass is 485 g/mol. The number of rotatable bonds is 6. The summed E-state index contributed by atoms with van der Waals surface area (Å²) in [6.07, 6.45) is 5.43. The number of hydrogen-bond acceptors (Lipinski definition) is 5. The molecule has 6 rings (SSSR count). The van der Waals surface area contributed by atoms with E-state index in [-0.39, 0.29) is 0 Å². The average Bonchev–Trinajstić information content (AvgIpc) is 2.94. The molecule has 0 fully saturated rings. The maximum atomic E-state index is 11.8. The van der Waals surface area contributed by atoms with Gasteiger partial charge in [-0.1, -0.05) is 24.3 Å². The fourth-order valence-electron chi connectivity index (χ4n) is 5.62. The third kappa shape index (κ3) is 3.75. The fourth-order valence-corrected chi connectivity index (χ4v) is 5.62. The van der Waals surface area contributed by atoms with E-state index in [1.165, 1.54) is 11.8 Å². The van der Waals surface area contributed by atoms with E-state index in [9.17, 15) is 4.79 Å². The van der Waals surface area contributed by atoms with Crippen LogP contribution < -0.4 is 10.1 Å². The molecule has 0 spiro atoms. The molecule has 0 radical (unpaired) electrons. The van der Waals surface area contributed by atoms with Gasteiger partial charge in [0.1, 0.15) is 12.0 Å². The summed E-state index contributed by atoms with van der Waals surface area (Å²) >= 11 is 0. The van der Waals surface area contributed by atoms with Crippen LogP contribution in [0.4, 0.5) is 5.69 Å². The maximum absolute atomic E-state index is 11.8. The number of pyridine rings is 1. The summed E-state index contributed by atoms with van der Waals surface area (Å²) in [4.78, 5) is 16.6. The van der Waals surface area contributed by atoms with E-state index >= 15 is 0 Å². The van der Waals surface area contributed by atoms with Gasteiger partial charge in [0.25, 0.3) is 0 Å². The second-order valence-electron chi connectivity index (χ2n) is 9.45. The molecule has 182 valence electrons. The first-order valence-corrected chi connectivity index (χ1v) is 12.5. The van der Waals surface area contributed by atoms with Crippen molar-refractivity contribution >= 4 is 39.9 Å². The van der Waals surface area contributed by atoms with Crippen LogP contribution in [0.5, 0.6) is 5.75 Å². The summed E-state index contributed by atoms with van der Waals surface area (Å²) in [5, 5.41) is 14.2. The molecule has 1 aliphatic heterocycles. The number of carbonyl (C=O) groups excluding carboxylic acids is 1. The molecule has 5 heteroatoms. The molecule has 37 heavy (non-hydrogen) atoms. The minimum absolute atomic E-state index is 0.340. The maximum Gasteiger partial charge on any atom is 0.129 e. The second kappa shape index (κ2) is 9.17. The van der Waals surface area contributed by atoms with Gasteiger partial charge in [0, 0.05) is 54.5 Å². The van der Waals surface area contributed by atoms with Crippen molar-refractivity contribution in [3.63, 3.8) is 0 Å². The Labute approximate surface area is 215 Å². The lowest BCUT2D eigenvalue weighted by atomic mass is 9.86. The van der Waals surface area contributed by atoms with Gasteiger partial charge in [-0.2, -0.15) is 0 Å². The van der Waals surface area contributed by atoms with Crippen LogP contribution >= 0.6 is 0 Å². The van der Waals surface area contributed by atoms with Gasteiger partial charge in [0.15, 0.2) is 0 Å². The number of anilines is 1. The van der Waals surface area contributed by atoms with Gasteiger partial charge in [-0.25, -0.2) is 0 Å². The van der Waals surface area contributed by atoms with Gasteiger partial charge in [-0.05, 0) is 87.5 Å². The lowest BCUT2D eigenvalue weighted by molar-refractivity contribution is -0.107. The second-order valence-corrected chi connectivity index (χ2v) is 9.45. The minimum atomic E-state index is 0.340. The largest absolute Gasteiger partial charge is 0.493 e. The fraction of sp³-hybridized carbons (Fsp3) is 0.156. The van der Waals surface area contributed by atoms with Crippen LogP contribution in [0.3, 0.4) is 0 Å². The molecule has 0 saturated heterocycles. The molecule has 2 heterocycles. The number of nitrogens with one attached hydrogen (secondary N) is 2. The molecule has 1 aliphatic rings. The van der Waals surface area contributed by atoms with E-state index in [2.05, 4.69) is 54.7 Å². The van der Waals surface area contributed by atoms with Crippen LogP contribution in [0.1, 0.15) is 22.3 Å². The molecule has 1 aromatic heterocycles. The Hall–Kier alpha value is -4.51. The van der Waals surface area contributed by atoms with Crippen molar-refractivity contribution in [1.82, 2.24) is 4.98 Å². The Morgan fingerprint density at radius 3 is 2.70 bits per heavy atom. The molecule has 0 saturated carbocycles. The molecular weight excluding hydrogens is 458 g/mol. The zero-order valence-electron chi connectivity index (χ0n) is 20.9. The third-order valence-electron chi connectivity index (χ3n) is 7.41. The summed E-state index contributed by atoms with van der Waals surface area (Å²) in [6.45, 7) is 2.75. The topological polar surface area (TPSA) is 75.1 Å². The highest BCUT2D eigenvalue weighted by Gasteiger charge is 2.21. The van der Waals surface area contributed by atoms with Crippen molar-refractivity contribution in [2.24, 2.45) is 0 Å². The summed E-state index contributed by atoms with van der Waals surface area (Å²) in [6, 6.07) is 20.9. The first-order chi connectivity index (χ1) is 18.1. The van der Waals surface area contributed by atoms with Crippen LogP contribution in [0.2, 0.25) is 0 Å². The predicted octanol–water partition coefficient (Wildman–Crippen LogP) is 6.75. The highest BCUT2D eigenvalue weighted by atomic mass is 16.5. The molecule has 2 N–H and O–H groups in total. The molecule has 0 bridgehead atoms. The first-order valence-electron chi connectivity index (χ1n) is 12.5. The number of aryl methyl sites for hydroxylation is 1. The van der Waals surface area contributed by atoms with Crippen molar-refractivity contribution in [1.29, 1.82) is 5.41 Å². The number of nitrogens with zero attached hydrogens (tertiary/aromatic N) is 1. The summed E-state index contributed by atoms with van der Waals surface area (Å²) in [7, 11) is 1.86. The van der Waals surface area contributed by atoms with E-state index in [0.29, 0.717) is 13.0 Å². The Balaban J connectivity index is 1.61. The van der Waals surface area contributed by atoms with Crippen LogP contribution in [0, 0.1) is 12.3 Å². The smallest absolute Gasteiger partial charge is 0.129 e. The molecule has 0 amide bonds. The zero-order valence-corrected chi connectivity index (χ0v) is 20.9. The number of aromatic nitrogens is 1. The van der Waals surface area contributed by atoms with Gasteiger partial charge in [-0.3, -0.25) is 4.98 Å². The quantitative estimate of drug-likeness (QED) is 0.206.